The van der Waals surface area contributed by atoms with E-state index in [1.165, 1.54) is 0 Å². The summed E-state index contributed by atoms with van der Waals surface area (Å²) in [5.74, 6) is 0.463. The van der Waals surface area contributed by atoms with Crippen molar-refractivity contribution in [3.63, 3.8) is 0 Å². The predicted octanol–water partition coefficient (Wildman–Crippen LogP) is 4.15. The number of hydrogen-bond acceptors (Lipinski definition) is 4. The van der Waals surface area contributed by atoms with E-state index in [0.717, 1.165) is 35.2 Å². The molecule has 0 atom stereocenters. The molecule has 0 unspecified atom stereocenters. The van der Waals surface area contributed by atoms with Gasteiger partial charge in [-0.2, -0.15) is 5.26 Å². The minimum absolute atomic E-state index is 0.448. The molecule has 100 valence electrons. The fraction of sp³-hybridized carbons (Fsp3) is 0.267. The van der Waals surface area contributed by atoms with Gasteiger partial charge in [-0.25, -0.2) is 0 Å². The molecule has 0 spiro atoms. The molecule has 1 fully saturated rings. The molecule has 0 saturated heterocycles. The van der Waals surface area contributed by atoms with Crippen LogP contribution in [0, 0.1) is 18.3 Å². The Labute approximate surface area is 127 Å². The number of aromatic nitrogens is 1. The number of rotatable bonds is 3. The molecule has 1 aliphatic carbocycles. The molecule has 3 rings (SSSR count). The van der Waals surface area contributed by atoms with E-state index in [9.17, 15) is 5.26 Å². The van der Waals surface area contributed by atoms with Crippen LogP contribution in [0.25, 0.3) is 0 Å². The Kier molecular flexibility index (Phi) is 3.33. The molecule has 1 aromatic heterocycles. The van der Waals surface area contributed by atoms with E-state index in [0.29, 0.717) is 21.4 Å². The number of nitriles is 1. The molecule has 0 N–H and O–H groups in total. The molecule has 1 heterocycles. The molecule has 0 bridgehead atoms. The lowest BCUT2D eigenvalue weighted by Gasteiger charge is -2.09. The molecule has 5 heteroatoms. The fourth-order valence-corrected chi connectivity index (χ4v) is 2.89. The van der Waals surface area contributed by atoms with Gasteiger partial charge in [0.15, 0.2) is 0 Å². The van der Waals surface area contributed by atoms with E-state index in [1.807, 2.05) is 13.0 Å². The molecule has 3 nitrogen and oxygen atoms in total. The van der Waals surface area contributed by atoms with Crippen molar-refractivity contribution in [2.75, 3.05) is 0 Å². The fourth-order valence-electron chi connectivity index (χ4n) is 2.27. The lowest BCUT2D eigenvalue weighted by molar-refractivity contribution is 0.412. The summed E-state index contributed by atoms with van der Waals surface area (Å²) in [6.07, 6.45) is 3.85. The lowest BCUT2D eigenvalue weighted by atomic mass is 9.96. The summed E-state index contributed by atoms with van der Waals surface area (Å²) in [5.41, 5.74) is 3.90. The highest BCUT2D eigenvalue weighted by molar-refractivity contribution is 7.81. The first-order valence-corrected chi connectivity index (χ1v) is 7.10. The van der Waals surface area contributed by atoms with Crippen molar-refractivity contribution in [3.05, 3.63) is 51.4 Å². The van der Waals surface area contributed by atoms with Crippen molar-refractivity contribution in [2.24, 2.45) is 0 Å². The number of hydrogen-bond donors (Lipinski definition) is 0. The van der Waals surface area contributed by atoms with Crippen LogP contribution in [0.5, 0.6) is 0 Å². The largest absolute Gasteiger partial charge is 0.364 e. The smallest absolute Gasteiger partial charge is 0.132 e. The van der Waals surface area contributed by atoms with Crippen molar-refractivity contribution in [1.82, 2.24) is 5.16 Å². The first kappa shape index (κ1) is 13.3. The van der Waals surface area contributed by atoms with Crippen LogP contribution < -0.4 is 0 Å². The van der Waals surface area contributed by atoms with Gasteiger partial charge in [0.2, 0.25) is 0 Å². The van der Waals surface area contributed by atoms with Crippen LogP contribution in [-0.4, -0.2) is 10.0 Å². The molecule has 2 aromatic rings. The summed E-state index contributed by atoms with van der Waals surface area (Å²) >= 11 is 11.6. The van der Waals surface area contributed by atoms with Gasteiger partial charge < -0.3 is 4.52 Å². The van der Waals surface area contributed by atoms with E-state index >= 15 is 0 Å². The van der Waals surface area contributed by atoms with Crippen molar-refractivity contribution in [3.8, 4) is 6.07 Å². The molecular weight excluding hydrogens is 292 g/mol. The maximum atomic E-state index is 9.18. The highest BCUT2D eigenvalue weighted by Crippen LogP contribution is 2.41. The topological polar surface area (TPSA) is 49.8 Å². The van der Waals surface area contributed by atoms with Gasteiger partial charge in [0.05, 0.1) is 26.7 Å². The van der Waals surface area contributed by atoms with Gasteiger partial charge in [0.1, 0.15) is 12.3 Å². The second kappa shape index (κ2) is 5.01. The summed E-state index contributed by atoms with van der Waals surface area (Å²) < 4.78 is 5.08. The number of benzene rings is 1. The zero-order valence-corrected chi connectivity index (χ0v) is 12.4. The second-order valence-corrected chi connectivity index (χ2v) is 5.74. The van der Waals surface area contributed by atoms with E-state index in [4.69, 9.17) is 28.3 Å². The Bertz CT molecular complexity index is 741. The minimum atomic E-state index is 0.448. The van der Waals surface area contributed by atoms with Crippen LogP contribution in [0.3, 0.4) is 0 Å². The van der Waals surface area contributed by atoms with Gasteiger partial charge in [-0.05, 0) is 37.0 Å². The molecule has 0 radical (unpaired) electrons. The summed E-state index contributed by atoms with van der Waals surface area (Å²) in [7, 11) is 0. The molecule has 0 amide bonds. The standard InChI is InChI=1S/C15H11ClN2OS/c1-8-10(4-5-13(16)11(8)6-17)15(20)12-7-19-18-14(12)9-2-3-9/h4-5,7,9H,2-3H2,1H3. The average molecular weight is 303 g/mol. The summed E-state index contributed by atoms with van der Waals surface area (Å²) in [6.45, 7) is 1.86. The predicted molar refractivity (Wildman–Crippen MR) is 80.2 cm³/mol. The maximum absolute atomic E-state index is 9.18. The zero-order chi connectivity index (χ0) is 14.3. The van der Waals surface area contributed by atoms with Crippen LogP contribution >= 0.6 is 23.8 Å². The third kappa shape index (κ3) is 2.13. The first-order valence-electron chi connectivity index (χ1n) is 6.31. The summed E-state index contributed by atoms with van der Waals surface area (Å²) in [6, 6.07) is 5.68. The highest BCUT2D eigenvalue weighted by Gasteiger charge is 2.31. The Morgan fingerprint density at radius 1 is 1.45 bits per heavy atom. The number of thiocarbonyl (C=S) groups is 1. The Balaban J connectivity index is 2.07. The van der Waals surface area contributed by atoms with Gasteiger partial charge in [0.25, 0.3) is 0 Å². The van der Waals surface area contributed by atoms with Gasteiger partial charge in [-0.15, -0.1) is 0 Å². The average Bonchev–Trinajstić information content (AvgIpc) is 3.16. The minimum Gasteiger partial charge on any atom is -0.364 e. The maximum Gasteiger partial charge on any atom is 0.132 e. The molecule has 1 aromatic carbocycles. The van der Waals surface area contributed by atoms with Crippen LogP contribution in [0.4, 0.5) is 0 Å². The van der Waals surface area contributed by atoms with Crippen molar-refractivity contribution < 1.29 is 4.52 Å². The van der Waals surface area contributed by atoms with Crippen LogP contribution in [-0.2, 0) is 0 Å². The van der Waals surface area contributed by atoms with Crippen molar-refractivity contribution in [1.29, 1.82) is 5.26 Å². The molecule has 1 saturated carbocycles. The lowest BCUT2D eigenvalue weighted by Crippen LogP contribution is -2.05. The van der Waals surface area contributed by atoms with Gasteiger partial charge in [0, 0.05) is 5.92 Å². The summed E-state index contributed by atoms with van der Waals surface area (Å²) in [5, 5.41) is 13.7. The first-order chi connectivity index (χ1) is 9.63. The molecule has 0 aliphatic heterocycles. The van der Waals surface area contributed by atoms with E-state index in [-0.39, 0.29) is 0 Å². The van der Waals surface area contributed by atoms with Crippen LogP contribution in [0.2, 0.25) is 5.02 Å². The molecule has 1 aliphatic rings. The van der Waals surface area contributed by atoms with Gasteiger partial charge >= 0.3 is 0 Å². The Morgan fingerprint density at radius 2 is 2.20 bits per heavy atom. The quantitative estimate of drug-likeness (QED) is 0.631. The molecule has 20 heavy (non-hydrogen) atoms. The molecular formula is C15H11ClN2OS. The van der Waals surface area contributed by atoms with E-state index in [2.05, 4.69) is 11.2 Å². The SMILES string of the molecule is Cc1c(C(=S)c2conc2C2CC2)ccc(Cl)c1C#N. The van der Waals surface area contributed by atoms with Gasteiger partial charge in [-0.1, -0.05) is 35.0 Å². The third-order valence-electron chi connectivity index (χ3n) is 3.58. The van der Waals surface area contributed by atoms with E-state index < -0.39 is 0 Å². The third-order valence-corrected chi connectivity index (χ3v) is 4.33. The van der Waals surface area contributed by atoms with Crippen molar-refractivity contribution >= 4 is 28.7 Å². The number of nitrogens with zero attached hydrogens (tertiary/aromatic N) is 2. The Morgan fingerprint density at radius 3 is 2.85 bits per heavy atom. The normalized spacial score (nSPS) is 14.1. The van der Waals surface area contributed by atoms with Gasteiger partial charge in [-0.3, -0.25) is 0 Å². The zero-order valence-electron chi connectivity index (χ0n) is 10.8. The van der Waals surface area contributed by atoms with Crippen LogP contribution in [0.1, 0.15) is 46.7 Å². The monoisotopic (exact) mass is 302 g/mol. The highest BCUT2D eigenvalue weighted by atomic mass is 35.5. The van der Waals surface area contributed by atoms with E-state index in [1.54, 1.807) is 12.3 Å². The second-order valence-electron chi connectivity index (χ2n) is 4.92. The van der Waals surface area contributed by atoms with Crippen molar-refractivity contribution in [2.45, 2.75) is 25.7 Å². The number of halogens is 1. The summed E-state index contributed by atoms with van der Waals surface area (Å²) in [4.78, 5) is 0.666. The Hall–Kier alpha value is -1.70. The van der Waals surface area contributed by atoms with Crippen LogP contribution in [0.15, 0.2) is 22.9 Å².